The Kier molecular flexibility index (Phi) is 3.25. The van der Waals surface area contributed by atoms with Crippen LogP contribution in [-0.2, 0) is 9.59 Å². The van der Waals surface area contributed by atoms with Crippen LogP contribution >= 0.6 is 0 Å². The fourth-order valence-electron chi connectivity index (χ4n) is 2.51. The molecule has 1 aliphatic heterocycles. The molecule has 4 amide bonds. The lowest BCUT2D eigenvalue weighted by Crippen LogP contribution is -2.52. The number of carbonyl (C=O) groups excluding carboxylic acids is 3. The third-order valence-corrected chi connectivity index (χ3v) is 3.77. The van der Waals surface area contributed by atoms with Crippen molar-refractivity contribution in [1.82, 2.24) is 9.80 Å². The van der Waals surface area contributed by atoms with Crippen LogP contribution < -0.4 is 0 Å². The van der Waals surface area contributed by atoms with Crippen molar-refractivity contribution in [2.75, 3.05) is 14.1 Å². The predicted molar refractivity (Wildman–Crippen MR) is 82.9 cm³/mol. The van der Waals surface area contributed by atoms with Crippen molar-refractivity contribution >= 4 is 34.7 Å². The quantitative estimate of drug-likeness (QED) is 0.599. The molecule has 22 heavy (non-hydrogen) atoms. The van der Waals surface area contributed by atoms with Gasteiger partial charge in [0, 0.05) is 14.1 Å². The minimum Gasteiger partial charge on any atom is -0.268 e. The average Bonchev–Trinajstić information content (AvgIpc) is 2.55. The Hall–Kier alpha value is -2.95. The Morgan fingerprint density at radius 3 is 2.09 bits per heavy atom. The molecule has 1 heterocycles. The second kappa shape index (κ2) is 5.11. The third-order valence-electron chi connectivity index (χ3n) is 3.77. The van der Waals surface area contributed by atoms with E-state index in [1.54, 1.807) is 6.08 Å². The number of nitrogens with zero attached hydrogens (tertiary/aromatic N) is 2. The van der Waals surface area contributed by atoms with E-state index >= 15 is 0 Å². The minimum atomic E-state index is -0.620. The largest absolute Gasteiger partial charge is 0.333 e. The molecule has 2 aromatic carbocycles. The van der Waals surface area contributed by atoms with Crippen molar-refractivity contribution in [3.8, 4) is 0 Å². The normalized spacial score (nSPS) is 15.7. The van der Waals surface area contributed by atoms with Crippen molar-refractivity contribution in [2.24, 2.45) is 0 Å². The summed E-state index contributed by atoms with van der Waals surface area (Å²) in [5.74, 6) is -1.16. The number of likely N-dealkylation sites (N-methyl/N-ethyl adjacent to an activating group) is 2. The maximum absolute atomic E-state index is 12.2. The summed E-state index contributed by atoms with van der Waals surface area (Å²) in [5, 5.41) is 1.96. The molecule has 0 aliphatic carbocycles. The predicted octanol–water partition coefficient (Wildman–Crippen LogP) is 2.27. The molecule has 0 saturated carbocycles. The highest BCUT2D eigenvalue weighted by atomic mass is 16.2. The topological polar surface area (TPSA) is 57.7 Å². The van der Waals surface area contributed by atoms with E-state index in [0.29, 0.717) is 0 Å². The number of fused-ring (bicyclic) bond motifs is 1. The van der Waals surface area contributed by atoms with Gasteiger partial charge in [-0.25, -0.2) is 4.79 Å². The second-order valence-electron chi connectivity index (χ2n) is 5.14. The molecule has 0 N–H and O–H groups in total. The molecule has 110 valence electrons. The maximum atomic E-state index is 12.2. The van der Waals surface area contributed by atoms with Gasteiger partial charge in [-0.2, -0.15) is 0 Å². The van der Waals surface area contributed by atoms with Gasteiger partial charge in [-0.05, 0) is 22.4 Å². The van der Waals surface area contributed by atoms with Gasteiger partial charge < -0.3 is 0 Å². The first-order chi connectivity index (χ1) is 10.5. The van der Waals surface area contributed by atoms with Crippen LogP contribution in [0.2, 0.25) is 0 Å². The van der Waals surface area contributed by atoms with E-state index in [1.165, 1.54) is 14.1 Å². The number of benzene rings is 2. The lowest BCUT2D eigenvalue weighted by molar-refractivity contribution is -0.134. The standard InChI is InChI=1S/C17H14N2O3/c1-18-15(20)14(16(21)19(2)17(18)22)10-12-8-5-7-11-6-3-4-9-13(11)12/h3-10H,1-2H3. The Balaban J connectivity index is 2.16. The van der Waals surface area contributed by atoms with E-state index in [0.717, 1.165) is 26.1 Å². The Bertz CT molecular complexity index is 807. The van der Waals surface area contributed by atoms with Crippen molar-refractivity contribution in [2.45, 2.75) is 0 Å². The van der Waals surface area contributed by atoms with Gasteiger partial charge in [0.1, 0.15) is 5.57 Å². The van der Waals surface area contributed by atoms with Crippen LogP contribution in [0.25, 0.3) is 16.8 Å². The van der Waals surface area contributed by atoms with Gasteiger partial charge in [0.05, 0.1) is 0 Å². The summed E-state index contributed by atoms with van der Waals surface area (Å²) in [5.41, 5.74) is 0.756. The molecule has 0 spiro atoms. The summed E-state index contributed by atoms with van der Waals surface area (Å²) in [6.07, 6.45) is 1.55. The fraction of sp³-hybridized carbons (Fsp3) is 0.118. The molecule has 3 rings (SSSR count). The molecule has 1 aliphatic rings. The summed E-state index contributed by atoms with van der Waals surface area (Å²) < 4.78 is 0. The number of rotatable bonds is 1. The summed E-state index contributed by atoms with van der Waals surface area (Å²) in [6.45, 7) is 0. The maximum Gasteiger partial charge on any atom is 0.333 e. The van der Waals surface area contributed by atoms with E-state index in [4.69, 9.17) is 0 Å². The average molecular weight is 294 g/mol. The molecule has 0 atom stereocenters. The third kappa shape index (κ3) is 2.07. The molecule has 1 fully saturated rings. The molecule has 5 heteroatoms. The molecular formula is C17H14N2O3. The Morgan fingerprint density at radius 1 is 0.818 bits per heavy atom. The van der Waals surface area contributed by atoms with Crippen LogP contribution in [0, 0.1) is 0 Å². The van der Waals surface area contributed by atoms with Crippen molar-refractivity contribution < 1.29 is 14.4 Å². The van der Waals surface area contributed by atoms with Crippen molar-refractivity contribution in [1.29, 1.82) is 0 Å². The summed E-state index contributed by atoms with van der Waals surface area (Å²) in [6, 6.07) is 12.8. The van der Waals surface area contributed by atoms with Crippen LogP contribution in [0.15, 0.2) is 48.0 Å². The Morgan fingerprint density at radius 2 is 1.41 bits per heavy atom. The zero-order valence-electron chi connectivity index (χ0n) is 12.2. The molecule has 1 saturated heterocycles. The van der Waals surface area contributed by atoms with Crippen molar-refractivity contribution in [3.63, 3.8) is 0 Å². The van der Waals surface area contributed by atoms with E-state index in [2.05, 4.69) is 0 Å². The first kappa shape index (κ1) is 14.0. The van der Waals surface area contributed by atoms with Gasteiger partial charge >= 0.3 is 6.03 Å². The number of barbiturate groups is 1. The summed E-state index contributed by atoms with van der Waals surface area (Å²) in [7, 11) is 2.73. The number of amides is 4. The van der Waals surface area contributed by atoms with Gasteiger partial charge in [0.15, 0.2) is 0 Å². The fourth-order valence-corrected chi connectivity index (χ4v) is 2.51. The SMILES string of the molecule is CN1C(=O)C(=Cc2cccc3ccccc23)C(=O)N(C)C1=O. The molecule has 2 aromatic rings. The summed E-state index contributed by atoms with van der Waals surface area (Å²) in [4.78, 5) is 38.1. The van der Waals surface area contributed by atoms with Gasteiger partial charge in [-0.15, -0.1) is 0 Å². The number of hydrogen-bond donors (Lipinski definition) is 0. The number of carbonyl (C=O) groups is 3. The number of urea groups is 1. The summed E-state index contributed by atoms with van der Waals surface area (Å²) >= 11 is 0. The van der Waals surface area contributed by atoms with Crippen molar-refractivity contribution in [3.05, 3.63) is 53.6 Å². The lowest BCUT2D eigenvalue weighted by atomic mass is 10.0. The van der Waals surface area contributed by atoms with E-state index in [9.17, 15) is 14.4 Å². The van der Waals surface area contributed by atoms with Crippen LogP contribution in [0.3, 0.4) is 0 Å². The number of imide groups is 2. The zero-order valence-corrected chi connectivity index (χ0v) is 12.2. The molecular weight excluding hydrogens is 280 g/mol. The number of hydrogen-bond acceptors (Lipinski definition) is 3. The minimum absolute atomic E-state index is 0.0130. The smallest absolute Gasteiger partial charge is 0.268 e. The Labute approximate surface area is 127 Å². The van der Waals surface area contributed by atoms with E-state index in [-0.39, 0.29) is 5.57 Å². The molecule has 0 unspecified atom stereocenters. The lowest BCUT2D eigenvalue weighted by Gasteiger charge is -2.28. The second-order valence-corrected chi connectivity index (χ2v) is 5.14. The van der Waals surface area contributed by atoms with Gasteiger partial charge in [0.2, 0.25) is 0 Å². The van der Waals surface area contributed by atoms with Gasteiger partial charge in [0.25, 0.3) is 11.8 Å². The van der Waals surface area contributed by atoms with Gasteiger partial charge in [-0.1, -0.05) is 42.5 Å². The van der Waals surface area contributed by atoms with E-state index < -0.39 is 17.8 Å². The molecule has 0 radical (unpaired) electrons. The zero-order chi connectivity index (χ0) is 15.9. The molecule has 5 nitrogen and oxygen atoms in total. The first-order valence-electron chi connectivity index (χ1n) is 6.80. The van der Waals surface area contributed by atoms with Crippen LogP contribution in [-0.4, -0.2) is 41.7 Å². The highest BCUT2D eigenvalue weighted by Crippen LogP contribution is 2.23. The van der Waals surface area contributed by atoms with E-state index in [1.807, 2.05) is 42.5 Å². The van der Waals surface area contributed by atoms with Crippen LogP contribution in [0.1, 0.15) is 5.56 Å². The van der Waals surface area contributed by atoms with Crippen LogP contribution in [0.4, 0.5) is 4.79 Å². The van der Waals surface area contributed by atoms with Crippen LogP contribution in [0.5, 0.6) is 0 Å². The first-order valence-corrected chi connectivity index (χ1v) is 6.80. The molecule has 0 aromatic heterocycles. The highest BCUT2D eigenvalue weighted by Gasteiger charge is 2.37. The monoisotopic (exact) mass is 294 g/mol. The highest BCUT2D eigenvalue weighted by molar-refractivity contribution is 6.31. The van der Waals surface area contributed by atoms with Gasteiger partial charge in [-0.3, -0.25) is 19.4 Å². The molecule has 0 bridgehead atoms.